The van der Waals surface area contributed by atoms with Gasteiger partial charge in [-0.2, -0.15) is 0 Å². The number of benzene rings is 1. The van der Waals surface area contributed by atoms with E-state index in [0.717, 1.165) is 24.7 Å². The predicted octanol–water partition coefficient (Wildman–Crippen LogP) is 3.23. The predicted molar refractivity (Wildman–Crippen MR) is 87.1 cm³/mol. The number of esters is 1. The molecule has 0 saturated heterocycles. The second-order valence-electron chi connectivity index (χ2n) is 5.85. The summed E-state index contributed by atoms with van der Waals surface area (Å²) in [5, 5.41) is 0. The molecule has 2 N–H and O–H groups in total. The lowest BCUT2D eigenvalue weighted by molar-refractivity contribution is -0.154. The maximum atomic E-state index is 12.5. The Hall–Kier alpha value is -1.68. The van der Waals surface area contributed by atoms with Crippen LogP contribution in [0.3, 0.4) is 0 Å². The number of hydrogen-bond donors (Lipinski definition) is 1. The first-order chi connectivity index (χ1) is 10.5. The fourth-order valence-electron chi connectivity index (χ4n) is 2.58. The summed E-state index contributed by atoms with van der Waals surface area (Å²) in [6, 6.07) is 9.55. The normalized spacial score (nSPS) is 14.9. The average Bonchev–Trinajstić information content (AvgIpc) is 2.53. The van der Waals surface area contributed by atoms with Gasteiger partial charge in [-0.05, 0) is 30.7 Å². The Kier molecular flexibility index (Phi) is 7.82. The van der Waals surface area contributed by atoms with Crippen LogP contribution < -0.4 is 5.73 Å². The third-order valence-corrected chi connectivity index (χ3v) is 4.11. The van der Waals surface area contributed by atoms with E-state index in [1.54, 1.807) is 0 Å². The van der Waals surface area contributed by atoms with Gasteiger partial charge in [0, 0.05) is 6.42 Å². The molecule has 0 amide bonds. The lowest BCUT2D eigenvalue weighted by Gasteiger charge is -2.33. The van der Waals surface area contributed by atoms with Crippen molar-refractivity contribution in [3.05, 3.63) is 35.9 Å². The van der Waals surface area contributed by atoms with E-state index in [1.807, 2.05) is 37.3 Å². The molecule has 1 aromatic carbocycles. The van der Waals surface area contributed by atoms with E-state index >= 15 is 0 Å². The van der Waals surface area contributed by atoms with Crippen molar-refractivity contribution in [3.63, 3.8) is 0 Å². The smallest absolute Gasteiger partial charge is 0.326 e. The highest BCUT2D eigenvalue weighted by Crippen LogP contribution is 2.27. The first-order valence-electron chi connectivity index (χ1n) is 7.98. The molecule has 2 unspecified atom stereocenters. The summed E-state index contributed by atoms with van der Waals surface area (Å²) in [6.45, 7) is 4.27. The van der Waals surface area contributed by atoms with Crippen LogP contribution in [0.25, 0.3) is 0 Å². The molecule has 2 atom stereocenters. The minimum atomic E-state index is -1.02. The van der Waals surface area contributed by atoms with Gasteiger partial charge in [0.2, 0.25) is 0 Å². The molecule has 0 aliphatic carbocycles. The zero-order chi connectivity index (χ0) is 16.4. The molecule has 0 spiro atoms. The van der Waals surface area contributed by atoms with Gasteiger partial charge in [-0.1, -0.05) is 50.6 Å². The number of aldehydes is 1. The summed E-state index contributed by atoms with van der Waals surface area (Å²) in [5.41, 5.74) is 6.30. The van der Waals surface area contributed by atoms with Crippen LogP contribution in [0.5, 0.6) is 0 Å². The van der Waals surface area contributed by atoms with Crippen molar-refractivity contribution in [2.75, 3.05) is 0 Å². The van der Waals surface area contributed by atoms with Crippen molar-refractivity contribution in [3.8, 4) is 0 Å². The molecule has 4 heteroatoms. The third kappa shape index (κ3) is 5.26. The molecule has 0 aromatic heterocycles. The maximum Gasteiger partial charge on any atom is 0.326 e. The molecule has 0 aliphatic rings. The average molecular weight is 305 g/mol. The van der Waals surface area contributed by atoms with Gasteiger partial charge in [-0.3, -0.25) is 4.79 Å². The molecule has 1 aromatic rings. The fourth-order valence-corrected chi connectivity index (χ4v) is 2.58. The molecule has 4 nitrogen and oxygen atoms in total. The molecule has 0 bridgehead atoms. The minimum Gasteiger partial charge on any atom is -0.459 e. The van der Waals surface area contributed by atoms with Crippen LogP contribution in [0.2, 0.25) is 0 Å². The number of rotatable bonds is 10. The Bertz CT molecular complexity index is 461. The van der Waals surface area contributed by atoms with Gasteiger partial charge in [0.05, 0.1) is 0 Å². The summed E-state index contributed by atoms with van der Waals surface area (Å²) >= 11 is 0. The topological polar surface area (TPSA) is 69.4 Å². The van der Waals surface area contributed by atoms with Gasteiger partial charge in [0.1, 0.15) is 18.4 Å². The van der Waals surface area contributed by atoms with Crippen LogP contribution in [0.1, 0.15) is 51.5 Å². The number of ether oxygens (including phenoxy) is 1. The SMILES string of the molecule is CCCC(C)C(N)(CCCC=O)C(=O)OCc1ccccc1. The van der Waals surface area contributed by atoms with Crippen molar-refractivity contribution in [1.82, 2.24) is 0 Å². The van der Waals surface area contributed by atoms with Gasteiger partial charge in [0.15, 0.2) is 0 Å². The molecular formula is C18H27NO3. The van der Waals surface area contributed by atoms with Crippen LogP contribution in [0.15, 0.2) is 30.3 Å². The molecule has 0 heterocycles. The van der Waals surface area contributed by atoms with Crippen molar-refractivity contribution in [2.24, 2.45) is 11.7 Å². The number of carbonyl (C=O) groups is 2. The van der Waals surface area contributed by atoms with Crippen LogP contribution in [0, 0.1) is 5.92 Å². The van der Waals surface area contributed by atoms with E-state index in [2.05, 4.69) is 6.92 Å². The number of unbranched alkanes of at least 4 members (excludes halogenated alkanes) is 1. The summed E-state index contributed by atoms with van der Waals surface area (Å²) in [5.74, 6) is -0.351. The lowest BCUT2D eigenvalue weighted by atomic mass is 9.79. The number of nitrogens with two attached hydrogens (primary N) is 1. The Labute approximate surface area is 133 Å². The molecular weight excluding hydrogens is 278 g/mol. The second-order valence-corrected chi connectivity index (χ2v) is 5.85. The van der Waals surface area contributed by atoms with E-state index < -0.39 is 5.54 Å². The Morgan fingerprint density at radius 2 is 2.05 bits per heavy atom. The van der Waals surface area contributed by atoms with Gasteiger partial charge in [0.25, 0.3) is 0 Å². The first-order valence-corrected chi connectivity index (χ1v) is 7.98. The molecule has 0 radical (unpaired) electrons. The summed E-state index contributed by atoms with van der Waals surface area (Å²) in [4.78, 5) is 23.0. The van der Waals surface area contributed by atoms with Gasteiger partial charge in [-0.25, -0.2) is 0 Å². The number of carbonyl (C=O) groups excluding carboxylic acids is 2. The summed E-state index contributed by atoms with van der Waals surface area (Å²) < 4.78 is 5.44. The van der Waals surface area contributed by atoms with Crippen molar-refractivity contribution < 1.29 is 14.3 Å². The Balaban J connectivity index is 2.71. The zero-order valence-electron chi connectivity index (χ0n) is 13.6. The molecule has 122 valence electrons. The minimum absolute atomic E-state index is 0.0208. The van der Waals surface area contributed by atoms with Crippen LogP contribution in [0.4, 0.5) is 0 Å². The molecule has 1 rings (SSSR count). The summed E-state index contributed by atoms with van der Waals surface area (Å²) in [7, 11) is 0. The van der Waals surface area contributed by atoms with Crippen molar-refractivity contribution >= 4 is 12.3 Å². The highest BCUT2D eigenvalue weighted by molar-refractivity contribution is 5.81. The largest absolute Gasteiger partial charge is 0.459 e. The highest BCUT2D eigenvalue weighted by Gasteiger charge is 2.40. The van der Waals surface area contributed by atoms with Gasteiger partial charge >= 0.3 is 5.97 Å². The molecule has 0 fully saturated rings. The van der Waals surface area contributed by atoms with E-state index in [-0.39, 0.29) is 18.5 Å². The first kappa shape index (κ1) is 18.4. The third-order valence-electron chi connectivity index (χ3n) is 4.11. The fraction of sp³-hybridized carbons (Fsp3) is 0.556. The van der Waals surface area contributed by atoms with Crippen molar-refractivity contribution in [2.45, 2.75) is 58.1 Å². The molecule has 0 aliphatic heterocycles. The quantitative estimate of drug-likeness (QED) is 0.409. The monoisotopic (exact) mass is 305 g/mol. The van der Waals surface area contributed by atoms with E-state index in [0.29, 0.717) is 19.3 Å². The van der Waals surface area contributed by atoms with Gasteiger partial charge in [-0.15, -0.1) is 0 Å². The van der Waals surface area contributed by atoms with E-state index in [9.17, 15) is 9.59 Å². The van der Waals surface area contributed by atoms with Crippen LogP contribution in [-0.4, -0.2) is 17.8 Å². The van der Waals surface area contributed by atoms with Crippen LogP contribution in [-0.2, 0) is 20.9 Å². The van der Waals surface area contributed by atoms with Crippen molar-refractivity contribution in [1.29, 1.82) is 0 Å². The van der Waals surface area contributed by atoms with Gasteiger partial charge < -0.3 is 15.3 Å². The Morgan fingerprint density at radius 3 is 2.64 bits per heavy atom. The molecule has 0 saturated carbocycles. The molecule has 22 heavy (non-hydrogen) atoms. The number of hydrogen-bond acceptors (Lipinski definition) is 4. The highest BCUT2D eigenvalue weighted by atomic mass is 16.5. The second kappa shape index (κ2) is 9.36. The standard InChI is InChI=1S/C18H27NO3/c1-3-9-15(2)18(19,12-7-8-13-20)17(21)22-14-16-10-5-4-6-11-16/h4-6,10-11,13,15H,3,7-9,12,14,19H2,1-2H3. The zero-order valence-corrected chi connectivity index (χ0v) is 13.6. The summed E-state index contributed by atoms with van der Waals surface area (Å²) in [6.07, 6.45) is 4.18. The van der Waals surface area contributed by atoms with E-state index in [4.69, 9.17) is 10.5 Å². The Morgan fingerprint density at radius 1 is 1.36 bits per heavy atom. The van der Waals surface area contributed by atoms with E-state index in [1.165, 1.54) is 0 Å². The van der Waals surface area contributed by atoms with Crippen LogP contribution >= 0.6 is 0 Å². The maximum absolute atomic E-state index is 12.5. The lowest BCUT2D eigenvalue weighted by Crippen LogP contribution is -2.54.